The molecule has 2 aromatic rings. The Labute approximate surface area is 158 Å². The van der Waals surface area contributed by atoms with Crippen molar-refractivity contribution in [1.82, 2.24) is 9.88 Å². The zero-order valence-electron chi connectivity index (χ0n) is 15.7. The molecular formula is C21H25FN2O3. The third-order valence-corrected chi connectivity index (χ3v) is 5.07. The summed E-state index contributed by atoms with van der Waals surface area (Å²) < 4.78 is 16.1. The van der Waals surface area contributed by atoms with Crippen molar-refractivity contribution >= 4 is 11.7 Å². The van der Waals surface area contributed by atoms with E-state index in [1.165, 1.54) is 6.07 Å². The number of aromatic nitrogens is 1. The van der Waals surface area contributed by atoms with Gasteiger partial charge < -0.3 is 15.0 Å². The van der Waals surface area contributed by atoms with Gasteiger partial charge in [-0.2, -0.15) is 0 Å². The molecule has 1 aromatic carbocycles. The highest BCUT2D eigenvalue weighted by Crippen LogP contribution is 2.31. The number of ketones is 1. The van der Waals surface area contributed by atoms with E-state index < -0.39 is 6.10 Å². The molecule has 1 aromatic heterocycles. The van der Waals surface area contributed by atoms with Crippen LogP contribution in [0.3, 0.4) is 0 Å². The van der Waals surface area contributed by atoms with E-state index in [0.29, 0.717) is 29.7 Å². The van der Waals surface area contributed by atoms with E-state index >= 15 is 0 Å². The molecule has 1 atom stereocenters. The maximum absolute atomic E-state index is 14.1. The van der Waals surface area contributed by atoms with Crippen LogP contribution in [0.25, 0.3) is 0 Å². The first kappa shape index (κ1) is 19.3. The molecule has 0 saturated carbocycles. The van der Waals surface area contributed by atoms with Crippen molar-refractivity contribution in [3.8, 4) is 0 Å². The highest BCUT2D eigenvalue weighted by atomic mass is 19.1. The summed E-state index contributed by atoms with van der Waals surface area (Å²) in [5.74, 6) is -0.467. The maximum atomic E-state index is 14.1. The summed E-state index contributed by atoms with van der Waals surface area (Å²) in [4.78, 5) is 24.9. The third kappa shape index (κ3) is 4.11. The van der Waals surface area contributed by atoms with E-state index in [-0.39, 0.29) is 30.5 Å². The summed E-state index contributed by atoms with van der Waals surface area (Å²) in [6, 6.07) is 6.61. The first-order valence-electron chi connectivity index (χ1n) is 9.30. The zero-order valence-corrected chi connectivity index (χ0v) is 15.7. The molecular weight excluding hydrogens is 347 g/mol. The van der Waals surface area contributed by atoms with Crippen molar-refractivity contribution < 1.29 is 19.1 Å². The summed E-state index contributed by atoms with van der Waals surface area (Å²) in [5, 5.41) is 12.0. The number of amides is 1. The van der Waals surface area contributed by atoms with Gasteiger partial charge in [0.15, 0.2) is 5.78 Å². The molecule has 5 nitrogen and oxygen atoms in total. The average Bonchev–Trinajstić information content (AvgIpc) is 2.88. The Kier molecular flexibility index (Phi) is 5.75. The Morgan fingerprint density at radius 3 is 2.78 bits per heavy atom. The quantitative estimate of drug-likeness (QED) is 0.819. The Morgan fingerprint density at radius 2 is 2.07 bits per heavy atom. The SMILES string of the molecule is Cc1c(CC(=O)NC[C@@H](C)O)c2c(n1Cc1ccccc1F)CCCC2=O. The monoisotopic (exact) mass is 372 g/mol. The molecule has 144 valence electrons. The number of Topliss-reactive ketones (excluding diaryl/α,β-unsaturated/α-hetero) is 1. The number of carbonyl (C=O) groups excluding carboxylic acids is 2. The minimum atomic E-state index is -0.628. The van der Waals surface area contributed by atoms with E-state index in [9.17, 15) is 19.1 Å². The number of aliphatic hydroxyl groups excluding tert-OH is 1. The van der Waals surface area contributed by atoms with Gasteiger partial charge in [0.05, 0.1) is 19.1 Å². The minimum Gasteiger partial charge on any atom is -0.392 e. The topological polar surface area (TPSA) is 71.3 Å². The number of nitrogens with one attached hydrogen (secondary N) is 1. The van der Waals surface area contributed by atoms with Crippen LogP contribution in [0, 0.1) is 12.7 Å². The van der Waals surface area contributed by atoms with Crippen LogP contribution in [0.4, 0.5) is 4.39 Å². The highest BCUT2D eigenvalue weighted by Gasteiger charge is 2.29. The normalized spacial score (nSPS) is 14.7. The Morgan fingerprint density at radius 1 is 1.33 bits per heavy atom. The van der Waals surface area contributed by atoms with Gasteiger partial charge in [-0.1, -0.05) is 18.2 Å². The molecule has 0 aliphatic heterocycles. The molecule has 0 spiro atoms. The number of aliphatic hydroxyl groups is 1. The largest absolute Gasteiger partial charge is 0.392 e. The van der Waals surface area contributed by atoms with Gasteiger partial charge in [0.1, 0.15) is 5.82 Å². The van der Waals surface area contributed by atoms with E-state index in [0.717, 1.165) is 24.2 Å². The summed E-state index contributed by atoms with van der Waals surface area (Å²) >= 11 is 0. The summed E-state index contributed by atoms with van der Waals surface area (Å²) in [6.07, 6.45) is 1.43. The molecule has 1 amide bonds. The van der Waals surface area contributed by atoms with Crippen molar-refractivity contribution in [2.24, 2.45) is 0 Å². The van der Waals surface area contributed by atoms with Gasteiger partial charge in [-0.15, -0.1) is 0 Å². The van der Waals surface area contributed by atoms with E-state index in [1.54, 1.807) is 25.1 Å². The van der Waals surface area contributed by atoms with Gasteiger partial charge >= 0.3 is 0 Å². The molecule has 0 radical (unpaired) electrons. The predicted molar refractivity (Wildman–Crippen MR) is 100 cm³/mol. The smallest absolute Gasteiger partial charge is 0.224 e. The maximum Gasteiger partial charge on any atom is 0.224 e. The second-order valence-corrected chi connectivity index (χ2v) is 7.17. The van der Waals surface area contributed by atoms with Crippen LogP contribution in [-0.4, -0.2) is 34.0 Å². The molecule has 1 aliphatic carbocycles. The number of fused-ring (bicyclic) bond motifs is 1. The lowest BCUT2D eigenvalue weighted by Crippen LogP contribution is -2.32. The molecule has 3 rings (SSSR count). The van der Waals surface area contributed by atoms with Gasteiger partial charge in [-0.25, -0.2) is 4.39 Å². The minimum absolute atomic E-state index is 0.0463. The Balaban J connectivity index is 1.96. The molecule has 0 fully saturated rings. The van der Waals surface area contributed by atoms with Crippen molar-refractivity contribution in [2.75, 3.05) is 6.54 Å². The fourth-order valence-corrected chi connectivity index (χ4v) is 3.70. The van der Waals surface area contributed by atoms with Crippen molar-refractivity contribution in [3.63, 3.8) is 0 Å². The first-order valence-corrected chi connectivity index (χ1v) is 9.30. The highest BCUT2D eigenvalue weighted by molar-refractivity contribution is 6.01. The van der Waals surface area contributed by atoms with Gasteiger partial charge in [0.25, 0.3) is 0 Å². The first-order chi connectivity index (χ1) is 12.9. The number of benzene rings is 1. The van der Waals surface area contributed by atoms with E-state index in [4.69, 9.17) is 0 Å². The number of hydrogen-bond acceptors (Lipinski definition) is 3. The zero-order chi connectivity index (χ0) is 19.6. The van der Waals surface area contributed by atoms with Crippen LogP contribution < -0.4 is 5.32 Å². The number of nitrogens with zero attached hydrogens (tertiary/aromatic N) is 1. The number of rotatable bonds is 6. The van der Waals surface area contributed by atoms with Crippen LogP contribution in [0.5, 0.6) is 0 Å². The Hall–Kier alpha value is -2.47. The molecule has 2 N–H and O–H groups in total. The standard InChI is InChI=1S/C21H25FN2O3/c1-13(25)11-23-20(27)10-16-14(2)24(12-15-6-3-4-7-17(15)22)18-8-5-9-19(26)21(16)18/h3-4,6-7,13,25H,5,8-12H2,1-2H3,(H,23,27)/t13-/m1/s1. The lowest BCUT2D eigenvalue weighted by atomic mass is 9.92. The molecule has 0 bridgehead atoms. The van der Waals surface area contributed by atoms with Crippen molar-refractivity contribution in [1.29, 1.82) is 0 Å². The van der Waals surface area contributed by atoms with Gasteiger partial charge in [-0.3, -0.25) is 9.59 Å². The second-order valence-electron chi connectivity index (χ2n) is 7.17. The summed E-state index contributed by atoms with van der Waals surface area (Å²) in [7, 11) is 0. The molecule has 27 heavy (non-hydrogen) atoms. The lowest BCUT2D eigenvalue weighted by molar-refractivity contribution is -0.120. The fourth-order valence-electron chi connectivity index (χ4n) is 3.70. The molecule has 6 heteroatoms. The number of carbonyl (C=O) groups is 2. The average molecular weight is 372 g/mol. The third-order valence-electron chi connectivity index (χ3n) is 5.07. The second kappa shape index (κ2) is 8.05. The molecule has 1 heterocycles. The van der Waals surface area contributed by atoms with Crippen LogP contribution in [0.15, 0.2) is 24.3 Å². The Bertz CT molecular complexity index is 871. The van der Waals surface area contributed by atoms with Crippen molar-refractivity contribution in [2.45, 2.75) is 52.2 Å². The van der Waals surface area contributed by atoms with Crippen LogP contribution >= 0.6 is 0 Å². The number of halogens is 1. The van der Waals surface area contributed by atoms with Crippen LogP contribution in [0.1, 0.15) is 52.6 Å². The number of hydrogen-bond donors (Lipinski definition) is 2. The summed E-state index contributed by atoms with van der Waals surface area (Å²) in [6.45, 7) is 3.99. The van der Waals surface area contributed by atoms with E-state index in [2.05, 4.69) is 5.32 Å². The van der Waals surface area contributed by atoms with Gasteiger partial charge in [0.2, 0.25) is 5.91 Å². The van der Waals surface area contributed by atoms with Crippen molar-refractivity contribution in [3.05, 3.63) is 58.2 Å². The lowest BCUT2D eigenvalue weighted by Gasteiger charge is -2.16. The van der Waals surface area contributed by atoms with Crippen LogP contribution in [0.2, 0.25) is 0 Å². The molecule has 0 saturated heterocycles. The summed E-state index contributed by atoms with van der Waals surface area (Å²) in [5.41, 5.74) is 3.62. The van der Waals surface area contributed by atoms with Gasteiger partial charge in [0, 0.05) is 35.5 Å². The molecule has 0 unspecified atom stereocenters. The fraction of sp³-hybridized carbons (Fsp3) is 0.429. The van der Waals surface area contributed by atoms with Crippen LogP contribution in [-0.2, 0) is 24.2 Å². The van der Waals surface area contributed by atoms with Gasteiger partial charge in [-0.05, 0) is 38.3 Å². The predicted octanol–water partition coefficient (Wildman–Crippen LogP) is 2.54. The van der Waals surface area contributed by atoms with E-state index in [1.807, 2.05) is 11.5 Å². The molecule has 1 aliphatic rings.